The summed E-state index contributed by atoms with van der Waals surface area (Å²) in [7, 11) is 0. The lowest BCUT2D eigenvalue weighted by Crippen LogP contribution is -2.03. The van der Waals surface area contributed by atoms with Crippen LogP contribution >= 0.6 is 11.6 Å². The van der Waals surface area contributed by atoms with Gasteiger partial charge in [0.15, 0.2) is 5.82 Å². The molecule has 1 N–H and O–H groups in total. The van der Waals surface area contributed by atoms with Crippen molar-refractivity contribution in [3.63, 3.8) is 0 Å². The fourth-order valence-electron chi connectivity index (χ4n) is 1.45. The van der Waals surface area contributed by atoms with E-state index in [0.717, 1.165) is 32.2 Å². The summed E-state index contributed by atoms with van der Waals surface area (Å²) in [5.41, 5.74) is 0.483. The maximum absolute atomic E-state index is 13.4. The van der Waals surface area contributed by atoms with E-state index in [0.29, 0.717) is 5.69 Å². The van der Waals surface area contributed by atoms with Gasteiger partial charge in [0.25, 0.3) is 0 Å². The Hall–Kier alpha value is -1.02. The molecule has 1 aromatic carbocycles. The number of unbranched alkanes of at least 4 members (excludes halogenated alkanes) is 3. The molecular formula is C13H17ClFN. The topological polar surface area (TPSA) is 12.0 Å². The van der Waals surface area contributed by atoms with Gasteiger partial charge in [-0.2, -0.15) is 0 Å². The highest BCUT2D eigenvalue weighted by atomic mass is 35.5. The molecule has 0 heterocycles. The van der Waals surface area contributed by atoms with E-state index in [1.54, 1.807) is 18.2 Å². The monoisotopic (exact) mass is 241 g/mol. The van der Waals surface area contributed by atoms with Crippen LogP contribution in [0.4, 0.5) is 10.1 Å². The average molecular weight is 242 g/mol. The molecule has 1 rings (SSSR count). The predicted molar refractivity (Wildman–Crippen MR) is 68.6 cm³/mol. The van der Waals surface area contributed by atoms with Gasteiger partial charge in [-0.15, -0.1) is 6.58 Å². The molecule has 1 aromatic rings. The number of rotatable bonds is 7. The third-order valence-corrected chi connectivity index (χ3v) is 2.64. The molecule has 3 heteroatoms. The van der Waals surface area contributed by atoms with Crippen LogP contribution in [-0.2, 0) is 0 Å². The van der Waals surface area contributed by atoms with E-state index in [-0.39, 0.29) is 10.8 Å². The molecule has 0 bridgehead atoms. The standard InChI is InChI=1S/C13H17ClFN/c1-2-3-4-5-6-10-16-12-9-7-8-11(14)13(12)15/h2,7-9,16H,1,3-6,10H2. The molecule has 0 aromatic heterocycles. The van der Waals surface area contributed by atoms with Gasteiger partial charge in [0.1, 0.15) is 0 Å². The molecule has 1 nitrogen and oxygen atoms in total. The van der Waals surface area contributed by atoms with E-state index in [1.165, 1.54) is 0 Å². The second kappa shape index (κ2) is 7.29. The van der Waals surface area contributed by atoms with Gasteiger partial charge in [-0.3, -0.25) is 0 Å². The third-order valence-electron chi connectivity index (χ3n) is 2.35. The van der Waals surface area contributed by atoms with Crippen molar-refractivity contribution in [3.8, 4) is 0 Å². The van der Waals surface area contributed by atoms with Crippen LogP contribution in [0.25, 0.3) is 0 Å². The van der Waals surface area contributed by atoms with Crippen molar-refractivity contribution in [1.29, 1.82) is 0 Å². The number of anilines is 1. The van der Waals surface area contributed by atoms with Crippen molar-refractivity contribution in [2.75, 3.05) is 11.9 Å². The lowest BCUT2D eigenvalue weighted by molar-refractivity contribution is 0.628. The quantitative estimate of drug-likeness (QED) is 0.542. The van der Waals surface area contributed by atoms with Gasteiger partial charge >= 0.3 is 0 Å². The minimum Gasteiger partial charge on any atom is -0.383 e. The normalized spacial score (nSPS) is 10.1. The second-order valence-corrected chi connectivity index (χ2v) is 4.07. The van der Waals surface area contributed by atoms with Crippen molar-refractivity contribution in [2.24, 2.45) is 0 Å². The van der Waals surface area contributed by atoms with Crippen LogP contribution in [-0.4, -0.2) is 6.54 Å². The number of allylic oxidation sites excluding steroid dienone is 1. The molecule has 0 saturated carbocycles. The molecule has 0 amide bonds. The van der Waals surface area contributed by atoms with E-state index < -0.39 is 0 Å². The highest BCUT2D eigenvalue weighted by molar-refractivity contribution is 6.31. The summed E-state index contributed by atoms with van der Waals surface area (Å²) in [6.45, 7) is 4.44. The van der Waals surface area contributed by atoms with Crippen LogP contribution in [0.5, 0.6) is 0 Å². The molecule has 0 aliphatic rings. The van der Waals surface area contributed by atoms with Gasteiger partial charge in [0.2, 0.25) is 0 Å². The zero-order valence-corrected chi connectivity index (χ0v) is 10.1. The highest BCUT2D eigenvalue weighted by Gasteiger charge is 2.04. The first-order valence-electron chi connectivity index (χ1n) is 5.54. The van der Waals surface area contributed by atoms with Crippen molar-refractivity contribution in [1.82, 2.24) is 0 Å². The van der Waals surface area contributed by atoms with Crippen LogP contribution in [0.15, 0.2) is 30.9 Å². The molecule has 0 radical (unpaired) electrons. The van der Waals surface area contributed by atoms with Crippen molar-refractivity contribution in [2.45, 2.75) is 25.7 Å². The van der Waals surface area contributed by atoms with E-state index in [1.807, 2.05) is 6.08 Å². The van der Waals surface area contributed by atoms with Crippen molar-refractivity contribution >= 4 is 17.3 Å². The van der Waals surface area contributed by atoms with Crippen molar-refractivity contribution in [3.05, 3.63) is 41.7 Å². The maximum Gasteiger partial charge on any atom is 0.164 e. The zero-order valence-electron chi connectivity index (χ0n) is 9.31. The molecule has 0 unspecified atom stereocenters. The Kier molecular flexibility index (Phi) is 5.94. The molecule has 88 valence electrons. The first-order chi connectivity index (χ1) is 7.75. The lowest BCUT2D eigenvalue weighted by atomic mass is 10.2. The minimum absolute atomic E-state index is 0.164. The first-order valence-corrected chi connectivity index (χ1v) is 5.92. The molecular weight excluding hydrogens is 225 g/mol. The van der Waals surface area contributed by atoms with Gasteiger partial charge in [0.05, 0.1) is 10.7 Å². The molecule has 0 aliphatic heterocycles. The van der Waals surface area contributed by atoms with E-state index in [4.69, 9.17) is 11.6 Å². The Morgan fingerprint density at radius 3 is 2.88 bits per heavy atom. The zero-order chi connectivity index (χ0) is 11.8. The second-order valence-electron chi connectivity index (χ2n) is 3.67. The van der Waals surface area contributed by atoms with E-state index >= 15 is 0 Å². The Balaban J connectivity index is 2.26. The number of nitrogens with one attached hydrogen (secondary N) is 1. The summed E-state index contributed by atoms with van der Waals surface area (Å²) in [6, 6.07) is 4.99. The number of benzene rings is 1. The summed E-state index contributed by atoms with van der Waals surface area (Å²) in [5, 5.41) is 3.21. The fourth-order valence-corrected chi connectivity index (χ4v) is 1.63. The van der Waals surface area contributed by atoms with Gasteiger partial charge in [0, 0.05) is 6.54 Å². The van der Waals surface area contributed by atoms with E-state index in [2.05, 4.69) is 11.9 Å². The summed E-state index contributed by atoms with van der Waals surface area (Å²) in [4.78, 5) is 0. The summed E-state index contributed by atoms with van der Waals surface area (Å²) in [6.07, 6.45) is 6.26. The van der Waals surface area contributed by atoms with Crippen molar-refractivity contribution < 1.29 is 4.39 Å². The maximum atomic E-state index is 13.4. The number of hydrogen-bond acceptors (Lipinski definition) is 1. The van der Waals surface area contributed by atoms with Crippen LogP contribution in [0.2, 0.25) is 5.02 Å². The molecule has 0 saturated heterocycles. The van der Waals surface area contributed by atoms with Crippen LogP contribution < -0.4 is 5.32 Å². The minimum atomic E-state index is -0.366. The Bertz CT molecular complexity index is 339. The Morgan fingerprint density at radius 2 is 2.12 bits per heavy atom. The molecule has 0 atom stereocenters. The summed E-state index contributed by atoms with van der Waals surface area (Å²) < 4.78 is 13.4. The molecule has 16 heavy (non-hydrogen) atoms. The summed E-state index contributed by atoms with van der Waals surface area (Å²) in [5.74, 6) is -0.366. The SMILES string of the molecule is C=CCCCCCNc1cccc(Cl)c1F. The highest BCUT2D eigenvalue weighted by Crippen LogP contribution is 2.21. The van der Waals surface area contributed by atoms with Gasteiger partial charge in [-0.05, 0) is 31.4 Å². The van der Waals surface area contributed by atoms with Gasteiger partial charge in [-0.25, -0.2) is 4.39 Å². The number of halogens is 2. The smallest absolute Gasteiger partial charge is 0.164 e. The van der Waals surface area contributed by atoms with Crippen LogP contribution in [0, 0.1) is 5.82 Å². The van der Waals surface area contributed by atoms with Crippen LogP contribution in [0.3, 0.4) is 0 Å². The molecule has 0 aliphatic carbocycles. The first kappa shape index (κ1) is 13.0. The lowest BCUT2D eigenvalue weighted by Gasteiger charge is -2.07. The largest absolute Gasteiger partial charge is 0.383 e. The predicted octanol–water partition coefficient (Wildman–Crippen LogP) is 4.64. The Labute approximate surface area is 101 Å². The van der Waals surface area contributed by atoms with Crippen LogP contribution in [0.1, 0.15) is 25.7 Å². The number of hydrogen-bond donors (Lipinski definition) is 1. The van der Waals surface area contributed by atoms with Gasteiger partial charge in [-0.1, -0.05) is 30.2 Å². The average Bonchev–Trinajstić information content (AvgIpc) is 2.29. The fraction of sp³-hybridized carbons (Fsp3) is 0.385. The molecule has 0 spiro atoms. The van der Waals surface area contributed by atoms with Gasteiger partial charge < -0.3 is 5.32 Å². The Morgan fingerprint density at radius 1 is 1.31 bits per heavy atom. The molecule has 0 fully saturated rings. The van der Waals surface area contributed by atoms with E-state index in [9.17, 15) is 4.39 Å². The summed E-state index contributed by atoms with van der Waals surface area (Å²) >= 11 is 5.67. The third kappa shape index (κ3) is 4.23.